The summed E-state index contributed by atoms with van der Waals surface area (Å²) in [5.41, 5.74) is 5.97. The summed E-state index contributed by atoms with van der Waals surface area (Å²) in [5.74, 6) is 2.42. The van der Waals surface area contributed by atoms with Crippen LogP contribution in [0.5, 0.6) is 0 Å². The van der Waals surface area contributed by atoms with Crippen LogP contribution in [0.15, 0.2) is 0 Å². The van der Waals surface area contributed by atoms with Gasteiger partial charge < -0.3 is 10.8 Å². The minimum atomic E-state index is 0.319. The van der Waals surface area contributed by atoms with Crippen molar-refractivity contribution in [2.24, 2.45) is 23.5 Å². The molecule has 0 heterocycles. The van der Waals surface area contributed by atoms with Gasteiger partial charge in [-0.1, -0.05) is 0 Å². The van der Waals surface area contributed by atoms with Gasteiger partial charge in [-0.15, -0.1) is 0 Å². The second-order valence-electron chi connectivity index (χ2n) is 4.17. The lowest BCUT2D eigenvalue weighted by molar-refractivity contribution is 0.0186. The molecular weight excluding hydrogens is 138 g/mol. The topological polar surface area (TPSA) is 46.2 Å². The standard InChI is InChI=1S/C9H17NO/c10-9-5-6-3-7(4-6)8(9)1-2-11/h6-9,11H,1-5,10H2. The molecule has 3 saturated carbocycles. The zero-order chi connectivity index (χ0) is 7.84. The zero-order valence-corrected chi connectivity index (χ0v) is 6.87. The fraction of sp³-hybridized carbons (Fsp3) is 1.00. The van der Waals surface area contributed by atoms with E-state index in [-0.39, 0.29) is 0 Å². The van der Waals surface area contributed by atoms with Gasteiger partial charge in [-0.05, 0) is 43.4 Å². The lowest BCUT2D eigenvalue weighted by Crippen LogP contribution is -2.49. The van der Waals surface area contributed by atoms with Gasteiger partial charge in [0.1, 0.15) is 0 Å². The first-order valence-corrected chi connectivity index (χ1v) is 4.67. The van der Waals surface area contributed by atoms with Crippen LogP contribution in [0.2, 0.25) is 0 Å². The van der Waals surface area contributed by atoms with Gasteiger partial charge in [0.25, 0.3) is 0 Å². The summed E-state index contributed by atoms with van der Waals surface area (Å²) in [6, 6.07) is 0.389. The number of hydrogen-bond acceptors (Lipinski definition) is 2. The van der Waals surface area contributed by atoms with Crippen LogP contribution in [-0.4, -0.2) is 17.8 Å². The summed E-state index contributed by atoms with van der Waals surface area (Å²) in [7, 11) is 0. The predicted octanol–water partition coefficient (Wildman–Crippen LogP) is 0.742. The Bertz CT molecular complexity index is 140. The molecule has 0 radical (unpaired) electrons. The highest BCUT2D eigenvalue weighted by Crippen LogP contribution is 2.49. The van der Waals surface area contributed by atoms with Gasteiger partial charge in [0.15, 0.2) is 0 Å². The first-order valence-electron chi connectivity index (χ1n) is 4.67. The van der Waals surface area contributed by atoms with E-state index in [0.717, 1.165) is 18.3 Å². The fourth-order valence-corrected chi connectivity index (χ4v) is 2.84. The molecule has 2 bridgehead atoms. The van der Waals surface area contributed by atoms with Crippen molar-refractivity contribution < 1.29 is 5.11 Å². The predicted molar refractivity (Wildman–Crippen MR) is 44.0 cm³/mol. The van der Waals surface area contributed by atoms with Gasteiger partial charge in [-0.25, -0.2) is 0 Å². The lowest BCUT2D eigenvalue weighted by Gasteiger charge is -2.50. The van der Waals surface area contributed by atoms with E-state index in [1.54, 1.807) is 0 Å². The fourth-order valence-electron chi connectivity index (χ4n) is 2.84. The maximum Gasteiger partial charge on any atom is 0.0434 e. The normalized spacial score (nSPS) is 48.5. The van der Waals surface area contributed by atoms with Gasteiger partial charge in [-0.3, -0.25) is 0 Å². The SMILES string of the molecule is NC1CC2CC(C2)C1CCO. The largest absolute Gasteiger partial charge is 0.396 e. The Labute approximate surface area is 67.8 Å². The third-order valence-electron chi connectivity index (χ3n) is 3.50. The van der Waals surface area contributed by atoms with E-state index in [1.807, 2.05) is 0 Å². The molecular formula is C9H17NO. The number of hydrogen-bond donors (Lipinski definition) is 2. The van der Waals surface area contributed by atoms with E-state index in [9.17, 15) is 0 Å². The van der Waals surface area contributed by atoms with E-state index in [0.29, 0.717) is 18.6 Å². The van der Waals surface area contributed by atoms with Crippen LogP contribution in [0.3, 0.4) is 0 Å². The Balaban J connectivity index is 1.93. The van der Waals surface area contributed by atoms with Crippen molar-refractivity contribution in [3.05, 3.63) is 0 Å². The monoisotopic (exact) mass is 155 g/mol. The van der Waals surface area contributed by atoms with Crippen molar-refractivity contribution in [2.45, 2.75) is 31.7 Å². The average Bonchev–Trinajstić information content (AvgIpc) is 1.90. The van der Waals surface area contributed by atoms with Crippen LogP contribution in [0.1, 0.15) is 25.7 Å². The Hall–Kier alpha value is -0.0800. The molecule has 3 N–H and O–H groups in total. The van der Waals surface area contributed by atoms with E-state index in [1.165, 1.54) is 19.3 Å². The van der Waals surface area contributed by atoms with Crippen LogP contribution in [0.4, 0.5) is 0 Å². The number of aliphatic hydroxyl groups excluding tert-OH is 1. The minimum absolute atomic E-state index is 0.319. The van der Waals surface area contributed by atoms with Crippen molar-refractivity contribution in [3.63, 3.8) is 0 Å². The molecule has 2 atom stereocenters. The minimum Gasteiger partial charge on any atom is -0.396 e. The van der Waals surface area contributed by atoms with E-state index in [2.05, 4.69) is 0 Å². The quantitative estimate of drug-likeness (QED) is 0.618. The summed E-state index contributed by atoms with van der Waals surface area (Å²) in [6.07, 6.45) is 4.91. The molecule has 2 unspecified atom stereocenters. The highest BCUT2D eigenvalue weighted by atomic mass is 16.3. The molecule has 0 amide bonds. The Morgan fingerprint density at radius 3 is 2.55 bits per heavy atom. The van der Waals surface area contributed by atoms with Crippen LogP contribution < -0.4 is 5.73 Å². The van der Waals surface area contributed by atoms with E-state index < -0.39 is 0 Å². The first-order chi connectivity index (χ1) is 5.31. The molecule has 3 aliphatic carbocycles. The van der Waals surface area contributed by atoms with Gasteiger partial charge in [0.2, 0.25) is 0 Å². The molecule has 0 saturated heterocycles. The molecule has 3 aliphatic rings. The number of fused-ring (bicyclic) bond motifs is 2. The molecule has 0 spiro atoms. The maximum atomic E-state index is 8.82. The highest BCUT2D eigenvalue weighted by Gasteiger charge is 2.43. The third-order valence-corrected chi connectivity index (χ3v) is 3.50. The molecule has 3 rings (SSSR count). The van der Waals surface area contributed by atoms with Gasteiger partial charge in [0, 0.05) is 12.6 Å². The smallest absolute Gasteiger partial charge is 0.0434 e. The Kier molecular flexibility index (Phi) is 1.90. The summed E-state index contributed by atoms with van der Waals surface area (Å²) < 4.78 is 0. The summed E-state index contributed by atoms with van der Waals surface area (Å²) in [6.45, 7) is 0.319. The van der Waals surface area contributed by atoms with Crippen molar-refractivity contribution in [1.29, 1.82) is 0 Å². The van der Waals surface area contributed by atoms with Crippen LogP contribution in [0.25, 0.3) is 0 Å². The summed E-state index contributed by atoms with van der Waals surface area (Å²) in [4.78, 5) is 0. The second kappa shape index (κ2) is 2.76. The zero-order valence-electron chi connectivity index (χ0n) is 6.87. The van der Waals surface area contributed by atoms with Gasteiger partial charge >= 0.3 is 0 Å². The molecule has 0 aromatic rings. The molecule has 0 aliphatic heterocycles. The molecule has 2 heteroatoms. The number of rotatable bonds is 2. The van der Waals surface area contributed by atoms with Crippen molar-refractivity contribution in [2.75, 3.05) is 6.61 Å². The Morgan fingerprint density at radius 2 is 2.00 bits per heavy atom. The van der Waals surface area contributed by atoms with Crippen molar-refractivity contribution in [1.82, 2.24) is 0 Å². The van der Waals surface area contributed by atoms with Gasteiger partial charge in [-0.2, -0.15) is 0 Å². The Morgan fingerprint density at radius 1 is 1.27 bits per heavy atom. The molecule has 2 nitrogen and oxygen atoms in total. The van der Waals surface area contributed by atoms with Crippen LogP contribution >= 0.6 is 0 Å². The molecule has 64 valence electrons. The van der Waals surface area contributed by atoms with Crippen LogP contribution in [0, 0.1) is 17.8 Å². The van der Waals surface area contributed by atoms with Crippen molar-refractivity contribution >= 4 is 0 Å². The summed E-state index contributed by atoms with van der Waals surface area (Å²) >= 11 is 0. The number of nitrogens with two attached hydrogens (primary N) is 1. The van der Waals surface area contributed by atoms with E-state index in [4.69, 9.17) is 10.8 Å². The molecule has 0 aromatic heterocycles. The van der Waals surface area contributed by atoms with Crippen molar-refractivity contribution in [3.8, 4) is 0 Å². The maximum absolute atomic E-state index is 8.82. The lowest BCUT2D eigenvalue weighted by atomic mass is 9.57. The second-order valence-corrected chi connectivity index (χ2v) is 4.17. The molecule has 11 heavy (non-hydrogen) atoms. The van der Waals surface area contributed by atoms with E-state index >= 15 is 0 Å². The highest BCUT2D eigenvalue weighted by molar-refractivity contribution is 4.96. The third kappa shape index (κ3) is 1.18. The first kappa shape index (κ1) is 7.56. The number of aliphatic hydroxyl groups is 1. The van der Waals surface area contributed by atoms with Gasteiger partial charge in [0.05, 0.1) is 0 Å². The van der Waals surface area contributed by atoms with Crippen LogP contribution in [-0.2, 0) is 0 Å². The summed E-state index contributed by atoms with van der Waals surface area (Å²) in [5, 5.41) is 8.82. The molecule has 3 fully saturated rings. The molecule has 0 aromatic carbocycles. The average molecular weight is 155 g/mol.